The van der Waals surface area contributed by atoms with E-state index in [-0.39, 0.29) is 110 Å². The van der Waals surface area contributed by atoms with Gasteiger partial charge in [-0.05, 0) is 244 Å². The molecule has 10 atom stereocenters. The number of amides is 11. The van der Waals surface area contributed by atoms with Crippen molar-refractivity contribution < 1.29 is 90.2 Å². The van der Waals surface area contributed by atoms with Gasteiger partial charge in [-0.1, -0.05) is 158 Å². The SMILES string of the molecule is CSCC[C@H](NC(=O)[C@H](CCCNC(=N)NS(=O)(=O)c1c(C)c(C)c2c(c1C)CCC(C)(C)O2)NC(=O)[C@H](CSSc1ncccc1[N+](=O)[O-])NC(=O)OC(C)(C)C)C(=O)N[C@@H](Cc1ccccc1)C(=O)N1CCC[C@H]1C(=O)N[C@@H](CC(=O)NC(c1ccccc1)(c1ccccc1)c1ccccc1)C(=O)N[C@@H](C)C(=O)N1CCC[C@H]1C(=O)N[C@@H](Cc1ccc(OC(C)(C)C)cc1)C(=O)N[C@@H](CC(C)C)C(=O)O. The summed E-state index contributed by atoms with van der Waals surface area (Å²) in [5.74, 6) is -9.62. The number of fused-ring (bicyclic) bond motifs is 1. The number of nitrogens with zero attached hydrogens (tertiary/aromatic N) is 4. The standard InChI is InChI=1S/C102H132N16O20S4/c1-61(2)56-78(96(129)130)112-89(123)75(57-67-44-46-71(47-45-67)136-99(7,8)9)109-91(125)80-42-30-53-116(80)94(127)65(6)106-88(122)76(59-83(119)114-102(68-34-22-17-23-35-68,69-36-24-18-25-37-69)70-38-26-19-27-39-70)110-92(126)81-43-31-54-117(81)95(128)77(58-66-32-20-16-21-33-66)111-87(121)74(49-55-139-15)108-86(120)73(107-90(124)79(113-98(131)138-100(10,11)12)60-140-141-93-82(118(132)133)41-29-51-104-93)40-28-52-105-97(103)115-142(134,135)85-63(4)62(3)84-72(64(85)5)48-50-101(13,14)137-84/h16-27,29,32-39,41,44-47,51,61,65,73-81H,28,30-31,40,42-43,48-50,52-60H2,1-15H3,(H,106,122)(H,107,124)(H,108,120)(H,109,125)(H,110,126)(H,111,121)(H,112,123)(H,113,131)(H,114,119)(H,129,130)(H3,103,105,115)/t65-,73-,74-,75-,76-,77-,78-,79-,80-,81-/m0/s1. The number of carboxylic acids is 1. The lowest BCUT2D eigenvalue weighted by molar-refractivity contribution is -0.388. The number of hydrogen-bond acceptors (Lipinski definition) is 24. The van der Waals surface area contributed by atoms with Crippen LogP contribution in [0.2, 0.25) is 0 Å². The Bertz CT molecular complexity index is 5680. The zero-order valence-corrected chi connectivity index (χ0v) is 86.1. The number of benzene rings is 6. The second kappa shape index (κ2) is 50.2. The molecule has 7 aromatic rings. The van der Waals surface area contributed by atoms with Crippen molar-refractivity contribution in [2.75, 3.05) is 37.4 Å². The molecule has 1 aromatic heterocycles. The minimum Gasteiger partial charge on any atom is -0.488 e. The second-order valence-electron chi connectivity index (χ2n) is 38.7. The van der Waals surface area contributed by atoms with Crippen LogP contribution < -0.4 is 67.4 Å². The van der Waals surface area contributed by atoms with Crippen LogP contribution in [-0.4, -0.2) is 225 Å². The van der Waals surface area contributed by atoms with Crippen LogP contribution in [0.3, 0.4) is 0 Å². The number of pyridine rings is 1. The maximum absolute atomic E-state index is 15.9. The molecule has 3 aliphatic heterocycles. The minimum absolute atomic E-state index is 0.0106. The van der Waals surface area contributed by atoms with E-state index in [1.54, 1.807) is 153 Å². The van der Waals surface area contributed by atoms with Crippen molar-refractivity contribution in [2.45, 2.75) is 273 Å². The Kier molecular flexibility index (Phi) is 39.3. The topological polar surface area (TPSA) is 506 Å². The molecule has 36 nitrogen and oxygen atoms in total. The lowest BCUT2D eigenvalue weighted by atomic mass is 9.77. The molecule has 0 bridgehead atoms. The summed E-state index contributed by atoms with van der Waals surface area (Å²) in [4.78, 5) is 197. The third-order valence-electron chi connectivity index (χ3n) is 24.4. The zero-order chi connectivity index (χ0) is 104. The average molecular weight is 2030 g/mol. The minimum atomic E-state index is -4.43. The van der Waals surface area contributed by atoms with E-state index in [1.807, 2.05) is 89.2 Å². The van der Waals surface area contributed by atoms with Gasteiger partial charge in [0, 0.05) is 50.5 Å². The third kappa shape index (κ3) is 30.9. The first-order valence-electron chi connectivity index (χ1n) is 47.5. The van der Waals surface area contributed by atoms with Gasteiger partial charge in [0.25, 0.3) is 10.0 Å². The molecule has 40 heteroatoms. The molecule has 11 amide bonds. The molecular formula is C102H132N16O20S4. The molecule has 142 heavy (non-hydrogen) atoms. The molecule has 0 radical (unpaired) electrons. The van der Waals surface area contributed by atoms with Gasteiger partial charge in [0.1, 0.15) is 94.3 Å². The second-order valence-corrected chi connectivity index (χ2v) is 43.6. The van der Waals surface area contributed by atoms with E-state index in [0.29, 0.717) is 75.3 Å². The van der Waals surface area contributed by atoms with Crippen LogP contribution in [0.15, 0.2) is 174 Å². The number of thioether (sulfide) groups is 1. The van der Waals surface area contributed by atoms with Crippen LogP contribution in [0.25, 0.3) is 0 Å². The summed E-state index contributed by atoms with van der Waals surface area (Å²) in [6.45, 7) is 24.2. The van der Waals surface area contributed by atoms with E-state index in [9.17, 15) is 47.6 Å². The van der Waals surface area contributed by atoms with E-state index in [1.165, 1.54) is 46.8 Å². The zero-order valence-electron chi connectivity index (χ0n) is 82.8. The highest BCUT2D eigenvalue weighted by Gasteiger charge is 2.46. The van der Waals surface area contributed by atoms with Crippen molar-refractivity contribution >= 4 is 126 Å². The fraction of sp³-hybridized carbons (Fsp3) is 0.471. The van der Waals surface area contributed by atoms with Crippen molar-refractivity contribution in [3.05, 3.63) is 224 Å². The molecule has 10 rings (SSSR count). The number of ether oxygens (including phenoxy) is 3. The van der Waals surface area contributed by atoms with Crippen molar-refractivity contribution in [3.8, 4) is 11.5 Å². The number of rotatable bonds is 45. The molecule has 0 spiro atoms. The number of carboxylic acid groups (broad SMARTS) is 1. The van der Waals surface area contributed by atoms with Gasteiger partial charge >= 0.3 is 17.7 Å². The van der Waals surface area contributed by atoms with Crippen molar-refractivity contribution in [2.24, 2.45) is 5.92 Å². The Hall–Kier alpha value is -12.8. The average Bonchev–Trinajstić information content (AvgIpc) is 0.914. The molecule has 6 aromatic carbocycles. The number of carbonyl (C=O) groups is 12. The third-order valence-corrected chi connectivity index (χ3v) is 28.9. The smallest absolute Gasteiger partial charge is 0.408 e. The predicted molar refractivity (Wildman–Crippen MR) is 543 cm³/mol. The first-order valence-corrected chi connectivity index (χ1v) is 52.7. The molecule has 0 aliphatic carbocycles. The Balaban J connectivity index is 0.925. The molecule has 2 fully saturated rings. The van der Waals surface area contributed by atoms with E-state index >= 15 is 33.6 Å². The number of carbonyl (C=O) groups excluding carboxylic acids is 11. The maximum Gasteiger partial charge on any atom is 0.408 e. The number of guanidine groups is 1. The van der Waals surface area contributed by atoms with Crippen molar-refractivity contribution in [1.29, 1.82) is 5.41 Å². The summed E-state index contributed by atoms with van der Waals surface area (Å²) in [6.07, 6.45) is 2.33. The highest BCUT2D eigenvalue weighted by Crippen LogP contribution is 2.43. The lowest BCUT2D eigenvalue weighted by Gasteiger charge is -2.37. The van der Waals surface area contributed by atoms with Crippen LogP contribution in [-0.2, 0) is 92.3 Å². The van der Waals surface area contributed by atoms with Crippen LogP contribution >= 0.6 is 33.3 Å². The number of aliphatic carboxylic acids is 1. The Morgan fingerprint density at radius 2 is 1.11 bits per heavy atom. The summed E-state index contributed by atoms with van der Waals surface area (Å²) in [5.41, 5.74) is 1.28. The number of likely N-dealkylation sites (tertiary alicyclic amines) is 2. The number of hydrogen-bond donors (Lipinski definition) is 13. The summed E-state index contributed by atoms with van der Waals surface area (Å²) < 4.78 is 48.9. The molecule has 0 unspecified atom stereocenters. The first kappa shape index (κ1) is 111. The molecule has 2 saturated heterocycles. The van der Waals surface area contributed by atoms with Gasteiger partial charge in [-0.15, -0.1) is 0 Å². The number of alkyl carbamates (subject to hydrolysis) is 1. The van der Waals surface area contributed by atoms with Crippen LogP contribution in [0.4, 0.5) is 10.5 Å². The highest BCUT2D eigenvalue weighted by molar-refractivity contribution is 8.76. The fourth-order valence-corrected chi connectivity index (χ4v) is 21.6. The van der Waals surface area contributed by atoms with Crippen LogP contribution in [0.1, 0.15) is 190 Å². The lowest BCUT2D eigenvalue weighted by Crippen LogP contribution is -2.61. The summed E-state index contributed by atoms with van der Waals surface area (Å²) >= 11 is 1.31. The number of nitro groups is 1. The van der Waals surface area contributed by atoms with E-state index < -0.39 is 181 Å². The molecule has 3 aliphatic rings. The maximum atomic E-state index is 15.9. The molecule has 13 N–H and O–H groups in total. The van der Waals surface area contributed by atoms with Gasteiger partial charge in [0.05, 0.1) is 16.2 Å². The highest BCUT2D eigenvalue weighted by atomic mass is 33.1. The normalized spacial score (nSPS) is 16.3. The quantitative estimate of drug-likeness (QED) is 0.00321. The number of sulfonamides is 1. The van der Waals surface area contributed by atoms with Crippen molar-refractivity contribution in [3.63, 3.8) is 0 Å². The number of nitrogens with one attached hydrogen (secondary N) is 12. The molecule has 764 valence electrons. The van der Waals surface area contributed by atoms with Gasteiger partial charge in [-0.2, -0.15) is 11.8 Å². The number of aromatic nitrogens is 1. The van der Waals surface area contributed by atoms with E-state index in [2.05, 4.69) is 62.9 Å². The summed E-state index contributed by atoms with van der Waals surface area (Å²) in [6, 6.07) is 30.5. The monoisotopic (exact) mass is 2030 g/mol. The predicted octanol–water partition coefficient (Wildman–Crippen LogP) is 10.4. The Morgan fingerprint density at radius 3 is 1.65 bits per heavy atom. The molecule has 0 saturated carbocycles. The van der Waals surface area contributed by atoms with Crippen molar-refractivity contribution in [1.82, 2.24) is 72.7 Å². The Labute approximate surface area is 841 Å². The van der Waals surface area contributed by atoms with Gasteiger partial charge in [-0.3, -0.25) is 63.5 Å². The van der Waals surface area contributed by atoms with E-state index in [0.717, 1.165) is 27.2 Å². The largest absolute Gasteiger partial charge is 0.488 e. The fourth-order valence-electron chi connectivity index (χ4n) is 17.4. The van der Waals surface area contributed by atoms with Gasteiger partial charge in [-0.25, -0.2) is 27.7 Å². The Morgan fingerprint density at radius 1 is 0.606 bits per heavy atom. The van der Waals surface area contributed by atoms with Crippen LogP contribution in [0, 0.1) is 42.2 Å². The molecule has 4 heterocycles. The molecular weight excluding hydrogens is 1900 g/mol. The van der Waals surface area contributed by atoms with E-state index in [4.69, 9.17) is 19.6 Å². The first-order chi connectivity index (χ1) is 67.2. The van der Waals surface area contributed by atoms with Gasteiger partial charge < -0.3 is 82.3 Å². The summed E-state index contributed by atoms with van der Waals surface area (Å²) in [7, 11) is -2.68. The van der Waals surface area contributed by atoms with Gasteiger partial charge in [0.2, 0.25) is 65.0 Å². The summed E-state index contributed by atoms with van der Waals surface area (Å²) in [5, 5.41) is 59.0. The van der Waals surface area contributed by atoms with Crippen LogP contribution in [0.5, 0.6) is 11.5 Å². The van der Waals surface area contributed by atoms with Gasteiger partial charge in [0.15, 0.2) is 5.03 Å².